The number of aliphatic hydroxyl groups is 5. The molecule has 9 heteroatoms. The Labute approximate surface area is 400 Å². The third-order valence-corrected chi connectivity index (χ3v) is 13.2. The van der Waals surface area contributed by atoms with Crippen molar-refractivity contribution >= 4 is 5.91 Å². The molecule has 9 nitrogen and oxygen atoms in total. The molecule has 0 aromatic rings. The second-order valence-corrected chi connectivity index (χ2v) is 19.4. The highest BCUT2D eigenvalue weighted by atomic mass is 16.7. The normalized spacial score (nSPS) is 20.1. The van der Waals surface area contributed by atoms with Crippen molar-refractivity contribution in [1.82, 2.24) is 5.32 Å². The van der Waals surface area contributed by atoms with Crippen LogP contribution in [0.1, 0.15) is 258 Å². The maximum absolute atomic E-state index is 13.0. The van der Waals surface area contributed by atoms with E-state index in [2.05, 4.69) is 55.6 Å². The number of amides is 1. The molecule has 1 heterocycles. The van der Waals surface area contributed by atoms with Crippen LogP contribution in [-0.2, 0) is 14.3 Å². The van der Waals surface area contributed by atoms with Crippen molar-refractivity contribution in [3.05, 3.63) is 36.5 Å². The van der Waals surface area contributed by atoms with E-state index in [1.54, 1.807) is 0 Å². The molecule has 382 valence electrons. The van der Waals surface area contributed by atoms with Crippen molar-refractivity contribution in [3.8, 4) is 0 Å². The number of allylic oxidation sites excluding steroid dienone is 6. The number of carbonyl (C=O) groups excluding carboxylic acids is 1. The Balaban J connectivity index is 2.16. The van der Waals surface area contributed by atoms with Crippen LogP contribution >= 0.6 is 0 Å². The molecule has 1 amide bonds. The summed E-state index contributed by atoms with van der Waals surface area (Å²) in [6, 6.07) is -0.718. The lowest BCUT2D eigenvalue weighted by Crippen LogP contribution is -2.60. The van der Waals surface area contributed by atoms with Gasteiger partial charge in [0.25, 0.3) is 0 Å². The molecule has 0 spiro atoms. The van der Waals surface area contributed by atoms with Crippen molar-refractivity contribution in [1.29, 1.82) is 0 Å². The van der Waals surface area contributed by atoms with E-state index in [-0.39, 0.29) is 12.5 Å². The average molecular weight is 920 g/mol. The Morgan fingerprint density at radius 1 is 0.523 bits per heavy atom. The maximum atomic E-state index is 13.0. The molecular weight excluding hydrogens is 815 g/mol. The molecule has 7 unspecified atom stereocenters. The average Bonchev–Trinajstić information content (AvgIpc) is 3.31. The third kappa shape index (κ3) is 36.1. The highest BCUT2D eigenvalue weighted by Crippen LogP contribution is 2.23. The Morgan fingerprint density at radius 2 is 0.908 bits per heavy atom. The predicted molar refractivity (Wildman–Crippen MR) is 272 cm³/mol. The summed E-state index contributed by atoms with van der Waals surface area (Å²) in [6.45, 7) is 3.83. The predicted octanol–water partition coefficient (Wildman–Crippen LogP) is 13.2. The minimum atomic E-state index is -1.55. The number of aliphatic hydroxyl groups excluding tert-OH is 5. The zero-order chi connectivity index (χ0) is 47.3. The van der Waals surface area contributed by atoms with E-state index in [4.69, 9.17) is 9.47 Å². The van der Waals surface area contributed by atoms with Crippen LogP contribution in [0.15, 0.2) is 36.5 Å². The van der Waals surface area contributed by atoms with Crippen LogP contribution in [-0.4, -0.2) is 87.5 Å². The van der Waals surface area contributed by atoms with Gasteiger partial charge in [0.2, 0.25) is 5.91 Å². The van der Waals surface area contributed by atoms with Crippen LogP contribution in [0.5, 0.6) is 0 Å². The Bertz CT molecular complexity index is 1110. The molecule has 1 rings (SSSR count). The van der Waals surface area contributed by atoms with Crippen LogP contribution in [0, 0.1) is 0 Å². The Hall–Kier alpha value is -1.59. The zero-order valence-electron chi connectivity index (χ0n) is 42.3. The molecule has 1 saturated heterocycles. The highest BCUT2D eigenvalue weighted by molar-refractivity contribution is 5.76. The number of rotatable bonds is 47. The van der Waals surface area contributed by atoms with Gasteiger partial charge in [-0.2, -0.15) is 0 Å². The molecule has 7 atom stereocenters. The molecule has 6 N–H and O–H groups in total. The zero-order valence-corrected chi connectivity index (χ0v) is 42.3. The fraction of sp³-hybridized carbons (Fsp3) is 0.875. The topological polar surface area (TPSA) is 149 Å². The summed E-state index contributed by atoms with van der Waals surface area (Å²) in [5.74, 6) is -0.144. The van der Waals surface area contributed by atoms with Gasteiger partial charge >= 0.3 is 0 Å². The van der Waals surface area contributed by atoms with Gasteiger partial charge in [0.1, 0.15) is 24.4 Å². The van der Waals surface area contributed by atoms with Gasteiger partial charge in [-0.15, -0.1) is 0 Å². The van der Waals surface area contributed by atoms with E-state index in [1.807, 2.05) is 0 Å². The second-order valence-electron chi connectivity index (χ2n) is 19.4. The third-order valence-electron chi connectivity index (χ3n) is 13.2. The molecule has 65 heavy (non-hydrogen) atoms. The van der Waals surface area contributed by atoms with Gasteiger partial charge in [-0.3, -0.25) is 4.79 Å². The standard InChI is InChI=1S/C56H105NO8/c1-3-5-7-9-11-13-15-17-18-19-20-21-22-23-24-25-26-27-28-29-30-31-32-34-36-38-40-42-44-46-52(60)57-49(48-64-56-55(63)54(62)53(61)51(47-58)65-56)50(59)45-43-41-39-37-35-33-16-14-12-10-8-6-4-2/h15,17,19-20,22-23,49-51,53-56,58-59,61-63H,3-14,16,18,21,24-48H2,1-2H3,(H,57,60)/b17-15-,20-19-,23-22-. The van der Waals surface area contributed by atoms with Gasteiger partial charge in [-0.1, -0.05) is 237 Å². The number of hydrogen-bond donors (Lipinski definition) is 6. The first-order valence-electron chi connectivity index (χ1n) is 27.7. The lowest BCUT2D eigenvalue weighted by atomic mass is 9.99. The fourth-order valence-corrected chi connectivity index (χ4v) is 8.82. The summed E-state index contributed by atoms with van der Waals surface area (Å²) >= 11 is 0. The Morgan fingerprint density at radius 3 is 1.34 bits per heavy atom. The minimum absolute atomic E-state index is 0.136. The molecule has 0 aromatic carbocycles. The number of carbonyl (C=O) groups is 1. The van der Waals surface area contributed by atoms with Gasteiger partial charge in [0.05, 0.1) is 25.4 Å². The summed E-state index contributed by atoms with van der Waals surface area (Å²) in [5, 5.41) is 54.5. The van der Waals surface area contributed by atoms with Crippen LogP contribution in [0.25, 0.3) is 0 Å². The van der Waals surface area contributed by atoms with Crippen molar-refractivity contribution in [2.45, 2.75) is 301 Å². The van der Waals surface area contributed by atoms with Gasteiger partial charge in [0.15, 0.2) is 6.29 Å². The second kappa shape index (κ2) is 46.2. The highest BCUT2D eigenvalue weighted by Gasteiger charge is 2.44. The van der Waals surface area contributed by atoms with Gasteiger partial charge in [-0.05, 0) is 51.4 Å². The lowest BCUT2D eigenvalue weighted by Gasteiger charge is -2.40. The summed E-state index contributed by atoms with van der Waals surface area (Å²) < 4.78 is 11.3. The van der Waals surface area contributed by atoms with E-state index in [0.29, 0.717) is 12.8 Å². The van der Waals surface area contributed by atoms with E-state index in [9.17, 15) is 30.3 Å². The summed E-state index contributed by atoms with van der Waals surface area (Å²) in [5.41, 5.74) is 0. The molecule has 0 bridgehead atoms. The first-order chi connectivity index (χ1) is 31.8. The van der Waals surface area contributed by atoms with E-state index >= 15 is 0 Å². The van der Waals surface area contributed by atoms with Gasteiger partial charge < -0.3 is 40.3 Å². The number of ether oxygens (including phenoxy) is 2. The molecule has 0 radical (unpaired) electrons. The fourth-order valence-electron chi connectivity index (χ4n) is 8.82. The SMILES string of the molecule is CCCCCCC/C=C\C/C=C\C/C=C\CCCCCCCCCCCCCCCCC(=O)NC(COC1OC(CO)C(O)C(O)C1O)C(O)CCCCCCCCCCCCCCC. The van der Waals surface area contributed by atoms with E-state index in [0.717, 1.165) is 51.4 Å². The van der Waals surface area contributed by atoms with Crippen LogP contribution in [0.3, 0.4) is 0 Å². The maximum Gasteiger partial charge on any atom is 0.220 e. The van der Waals surface area contributed by atoms with Crippen molar-refractivity contribution in [2.24, 2.45) is 0 Å². The van der Waals surface area contributed by atoms with Gasteiger partial charge in [-0.25, -0.2) is 0 Å². The molecule has 0 aliphatic carbocycles. The van der Waals surface area contributed by atoms with Gasteiger partial charge in [0, 0.05) is 6.42 Å². The van der Waals surface area contributed by atoms with Crippen molar-refractivity contribution in [2.75, 3.05) is 13.2 Å². The molecule has 1 aliphatic heterocycles. The first-order valence-corrected chi connectivity index (χ1v) is 27.7. The molecule has 1 aliphatic rings. The van der Waals surface area contributed by atoms with Crippen LogP contribution < -0.4 is 5.32 Å². The summed E-state index contributed by atoms with van der Waals surface area (Å²) in [4.78, 5) is 13.0. The van der Waals surface area contributed by atoms with Crippen LogP contribution in [0.4, 0.5) is 0 Å². The Kier molecular flexibility index (Phi) is 43.6. The molecule has 0 aromatic heterocycles. The largest absolute Gasteiger partial charge is 0.394 e. The molecular formula is C56H105NO8. The summed E-state index contributed by atoms with van der Waals surface area (Å²) in [6.07, 6.45) is 51.7. The number of unbranched alkanes of at least 4 members (excludes halogenated alkanes) is 31. The lowest BCUT2D eigenvalue weighted by molar-refractivity contribution is -0.302. The van der Waals surface area contributed by atoms with E-state index in [1.165, 1.54) is 180 Å². The quantitative estimate of drug-likeness (QED) is 0.0261. The minimum Gasteiger partial charge on any atom is -0.394 e. The first kappa shape index (κ1) is 61.4. The smallest absolute Gasteiger partial charge is 0.220 e. The van der Waals surface area contributed by atoms with Crippen molar-refractivity contribution < 1.29 is 39.8 Å². The molecule has 0 saturated carbocycles. The monoisotopic (exact) mass is 920 g/mol. The van der Waals surface area contributed by atoms with Crippen molar-refractivity contribution in [3.63, 3.8) is 0 Å². The van der Waals surface area contributed by atoms with Crippen LogP contribution in [0.2, 0.25) is 0 Å². The molecule has 1 fully saturated rings. The van der Waals surface area contributed by atoms with E-state index < -0.39 is 49.5 Å². The summed E-state index contributed by atoms with van der Waals surface area (Å²) in [7, 11) is 0. The number of hydrogen-bond acceptors (Lipinski definition) is 8. The number of nitrogens with one attached hydrogen (secondary N) is 1.